The van der Waals surface area contributed by atoms with E-state index >= 15 is 0 Å². The molecule has 1 aliphatic rings. The SMILES string of the molecule is CC(NC(=O)Nc1ccccc1O)c1ccc2c(c1)CCCC2. The molecule has 2 amide bonds. The number of para-hydroxylation sites is 2. The lowest BCUT2D eigenvalue weighted by atomic mass is 9.89. The molecule has 3 N–H and O–H groups in total. The summed E-state index contributed by atoms with van der Waals surface area (Å²) in [5.41, 5.74) is 4.36. The van der Waals surface area contributed by atoms with Crippen LogP contribution >= 0.6 is 0 Å². The Bertz CT molecular complexity index is 712. The van der Waals surface area contributed by atoms with Crippen molar-refractivity contribution in [3.63, 3.8) is 0 Å². The van der Waals surface area contributed by atoms with E-state index in [4.69, 9.17) is 0 Å². The fourth-order valence-corrected chi connectivity index (χ4v) is 3.04. The van der Waals surface area contributed by atoms with Gasteiger partial charge in [0.2, 0.25) is 0 Å². The van der Waals surface area contributed by atoms with Crippen LogP contribution in [0.3, 0.4) is 0 Å². The van der Waals surface area contributed by atoms with Crippen LogP contribution in [0.4, 0.5) is 10.5 Å². The zero-order valence-corrected chi connectivity index (χ0v) is 13.3. The van der Waals surface area contributed by atoms with Crippen LogP contribution in [-0.2, 0) is 12.8 Å². The minimum Gasteiger partial charge on any atom is -0.506 e. The Labute approximate surface area is 136 Å². The summed E-state index contributed by atoms with van der Waals surface area (Å²) in [6, 6.07) is 12.8. The fourth-order valence-electron chi connectivity index (χ4n) is 3.04. The van der Waals surface area contributed by atoms with Crippen LogP contribution in [0.5, 0.6) is 5.75 Å². The van der Waals surface area contributed by atoms with Crippen molar-refractivity contribution in [1.82, 2.24) is 5.32 Å². The number of aryl methyl sites for hydroxylation is 2. The molecule has 2 aromatic carbocycles. The smallest absolute Gasteiger partial charge is 0.319 e. The van der Waals surface area contributed by atoms with Gasteiger partial charge in [0.25, 0.3) is 0 Å². The first-order valence-electron chi connectivity index (χ1n) is 8.10. The van der Waals surface area contributed by atoms with Gasteiger partial charge in [0.1, 0.15) is 5.75 Å². The number of hydrogen-bond donors (Lipinski definition) is 3. The van der Waals surface area contributed by atoms with Crippen LogP contribution in [0, 0.1) is 0 Å². The van der Waals surface area contributed by atoms with E-state index in [0.29, 0.717) is 5.69 Å². The van der Waals surface area contributed by atoms with Gasteiger partial charge in [0, 0.05) is 0 Å². The number of rotatable bonds is 3. The number of carbonyl (C=O) groups is 1. The monoisotopic (exact) mass is 310 g/mol. The normalized spacial score (nSPS) is 14.7. The van der Waals surface area contributed by atoms with Gasteiger partial charge in [-0.15, -0.1) is 0 Å². The van der Waals surface area contributed by atoms with E-state index in [-0.39, 0.29) is 17.8 Å². The lowest BCUT2D eigenvalue weighted by Gasteiger charge is -2.20. The molecule has 0 radical (unpaired) electrons. The van der Waals surface area contributed by atoms with E-state index in [1.807, 2.05) is 6.92 Å². The third-order valence-corrected chi connectivity index (χ3v) is 4.37. The number of carbonyl (C=O) groups excluding carboxylic acids is 1. The third kappa shape index (κ3) is 3.65. The van der Waals surface area contributed by atoms with Gasteiger partial charge in [-0.2, -0.15) is 0 Å². The molecule has 4 heteroatoms. The van der Waals surface area contributed by atoms with Gasteiger partial charge in [-0.05, 0) is 61.4 Å². The molecular formula is C19H22N2O2. The third-order valence-electron chi connectivity index (χ3n) is 4.37. The van der Waals surface area contributed by atoms with Gasteiger partial charge in [-0.3, -0.25) is 0 Å². The van der Waals surface area contributed by atoms with Crippen molar-refractivity contribution in [1.29, 1.82) is 0 Å². The summed E-state index contributed by atoms with van der Waals surface area (Å²) >= 11 is 0. The van der Waals surface area contributed by atoms with Crippen molar-refractivity contribution in [2.45, 2.75) is 38.6 Å². The van der Waals surface area contributed by atoms with Crippen LogP contribution < -0.4 is 10.6 Å². The number of aromatic hydroxyl groups is 1. The van der Waals surface area contributed by atoms with E-state index in [9.17, 15) is 9.90 Å². The molecule has 120 valence electrons. The van der Waals surface area contributed by atoms with Gasteiger partial charge in [0.05, 0.1) is 11.7 Å². The second kappa shape index (κ2) is 6.73. The maximum Gasteiger partial charge on any atom is 0.319 e. The number of nitrogens with one attached hydrogen (secondary N) is 2. The molecule has 0 fully saturated rings. The summed E-state index contributed by atoms with van der Waals surface area (Å²) in [6.45, 7) is 1.97. The highest BCUT2D eigenvalue weighted by Crippen LogP contribution is 2.25. The number of urea groups is 1. The summed E-state index contributed by atoms with van der Waals surface area (Å²) in [7, 11) is 0. The van der Waals surface area contributed by atoms with Crippen LogP contribution in [0.2, 0.25) is 0 Å². The number of phenolic OH excluding ortho intramolecular Hbond substituents is 1. The Morgan fingerprint density at radius 1 is 1.09 bits per heavy atom. The lowest BCUT2D eigenvalue weighted by Crippen LogP contribution is -2.31. The highest BCUT2D eigenvalue weighted by atomic mass is 16.3. The minimum atomic E-state index is -0.322. The molecule has 4 nitrogen and oxygen atoms in total. The molecular weight excluding hydrogens is 288 g/mol. The maximum atomic E-state index is 12.1. The second-order valence-electron chi connectivity index (χ2n) is 6.07. The Balaban J connectivity index is 1.65. The predicted octanol–water partition coefficient (Wildman–Crippen LogP) is 4.15. The lowest BCUT2D eigenvalue weighted by molar-refractivity contribution is 0.249. The first-order valence-corrected chi connectivity index (χ1v) is 8.10. The van der Waals surface area contributed by atoms with Gasteiger partial charge in [0.15, 0.2) is 0 Å². The van der Waals surface area contributed by atoms with Crippen LogP contribution in [-0.4, -0.2) is 11.1 Å². The molecule has 1 aliphatic carbocycles. The number of anilines is 1. The summed E-state index contributed by atoms with van der Waals surface area (Å²) < 4.78 is 0. The van der Waals surface area contributed by atoms with Gasteiger partial charge >= 0.3 is 6.03 Å². The average Bonchev–Trinajstić information content (AvgIpc) is 2.56. The van der Waals surface area contributed by atoms with Crippen molar-refractivity contribution in [3.05, 3.63) is 59.2 Å². The van der Waals surface area contributed by atoms with E-state index in [0.717, 1.165) is 18.4 Å². The topological polar surface area (TPSA) is 61.4 Å². The highest BCUT2D eigenvalue weighted by Gasteiger charge is 2.14. The molecule has 2 aromatic rings. The summed E-state index contributed by atoms with van der Waals surface area (Å²) in [4.78, 5) is 12.1. The quantitative estimate of drug-likeness (QED) is 0.746. The summed E-state index contributed by atoms with van der Waals surface area (Å²) in [6.07, 6.45) is 4.79. The van der Waals surface area contributed by atoms with Crippen molar-refractivity contribution in [2.75, 3.05) is 5.32 Å². The first kappa shape index (κ1) is 15.4. The zero-order chi connectivity index (χ0) is 16.2. The molecule has 1 unspecified atom stereocenters. The largest absolute Gasteiger partial charge is 0.506 e. The number of phenols is 1. The fraction of sp³-hybridized carbons (Fsp3) is 0.316. The Morgan fingerprint density at radius 2 is 1.83 bits per heavy atom. The number of fused-ring (bicyclic) bond motifs is 1. The first-order chi connectivity index (χ1) is 11.1. The van der Waals surface area contributed by atoms with E-state index in [2.05, 4.69) is 28.8 Å². The number of benzene rings is 2. The molecule has 0 saturated carbocycles. The molecule has 0 aliphatic heterocycles. The van der Waals surface area contributed by atoms with E-state index in [1.165, 1.54) is 24.0 Å². The molecule has 1 atom stereocenters. The maximum absolute atomic E-state index is 12.1. The number of hydrogen-bond acceptors (Lipinski definition) is 2. The average molecular weight is 310 g/mol. The standard InChI is InChI=1S/C19H22N2O2/c1-13(15-11-10-14-6-2-3-7-16(14)12-15)20-19(23)21-17-8-4-5-9-18(17)22/h4-5,8-13,22H,2-3,6-7H2,1H3,(H2,20,21,23). The van der Waals surface area contributed by atoms with Crippen molar-refractivity contribution < 1.29 is 9.90 Å². The van der Waals surface area contributed by atoms with Crippen molar-refractivity contribution in [3.8, 4) is 5.75 Å². The number of amides is 2. The van der Waals surface area contributed by atoms with Crippen LogP contribution in [0.1, 0.15) is 42.5 Å². The van der Waals surface area contributed by atoms with Crippen molar-refractivity contribution in [2.24, 2.45) is 0 Å². The van der Waals surface area contributed by atoms with Crippen molar-refractivity contribution >= 4 is 11.7 Å². The molecule has 0 aromatic heterocycles. The zero-order valence-electron chi connectivity index (χ0n) is 13.3. The Kier molecular flexibility index (Phi) is 4.51. The van der Waals surface area contributed by atoms with Crippen LogP contribution in [0.25, 0.3) is 0 Å². The van der Waals surface area contributed by atoms with E-state index < -0.39 is 0 Å². The minimum absolute atomic E-state index is 0.0593. The Morgan fingerprint density at radius 3 is 2.61 bits per heavy atom. The second-order valence-corrected chi connectivity index (χ2v) is 6.07. The highest BCUT2D eigenvalue weighted by molar-refractivity contribution is 5.91. The summed E-state index contributed by atoms with van der Waals surface area (Å²) in [5, 5.41) is 15.3. The predicted molar refractivity (Wildman–Crippen MR) is 91.8 cm³/mol. The van der Waals surface area contributed by atoms with Gasteiger partial charge in [-0.25, -0.2) is 4.79 Å². The van der Waals surface area contributed by atoms with Gasteiger partial charge in [-0.1, -0.05) is 30.3 Å². The molecule has 0 heterocycles. The molecule has 3 rings (SSSR count). The van der Waals surface area contributed by atoms with E-state index in [1.54, 1.807) is 24.3 Å². The molecule has 0 spiro atoms. The van der Waals surface area contributed by atoms with Gasteiger partial charge < -0.3 is 15.7 Å². The Hall–Kier alpha value is -2.49. The summed E-state index contributed by atoms with van der Waals surface area (Å²) in [5.74, 6) is 0.0593. The van der Waals surface area contributed by atoms with Crippen LogP contribution in [0.15, 0.2) is 42.5 Å². The molecule has 23 heavy (non-hydrogen) atoms. The molecule has 0 bridgehead atoms. The molecule has 0 saturated heterocycles.